The highest BCUT2D eigenvalue weighted by atomic mass is 19.1. The molecule has 156 valence electrons. The first-order chi connectivity index (χ1) is 15.0. The molecule has 4 rings (SSSR count). The normalized spacial score (nSPS) is 15.4. The van der Waals surface area contributed by atoms with Gasteiger partial charge in [0.05, 0.1) is 35.9 Å². The summed E-state index contributed by atoms with van der Waals surface area (Å²) in [5.74, 6) is -0.437. The Bertz CT molecular complexity index is 1220. The number of nitriles is 1. The molecule has 0 bridgehead atoms. The number of hydrazone groups is 1. The lowest BCUT2D eigenvalue weighted by atomic mass is 10.0. The van der Waals surface area contributed by atoms with Crippen LogP contribution in [0.25, 0.3) is 10.9 Å². The van der Waals surface area contributed by atoms with Crippen LogP contribution in [0.1, 0.15) is 42.0 Å². The topological polar surface area (TPSA) is 74.3 Å². The maximum Gasteiger partial charge on any atom is 0.243 e. The van der Waals surface area contributed by atoms with Crippen LogP contribution in [-0.4, -0.2) is 26.9 Å². The Kier molecular flexibility index (Phi) is 5.63. The maximum atomic E-state index is 13.8. The molecule has 0 aliphatic carbocycles. The highest BCUT2D eigenvalue weighted by Gasteiger charge is 2.28. The van der Waals surface area contributed by atoms with E-state index in [-0.39, 0.29) is 24.2 Å². The number of benzene rings is 2. The van der Waals surface area contributed by atoms with Crippen LogP contribution < -0.4 is 0 Å². The lowest BCUT2D eigenvalue weighted by Gasteiger charge is -2.23. The predicted molar refractivity (Wildman–Crippen MR) is 117 cm³/mol. The molecule has 1 amide bonds. The molecule has 2 aromatic carbocycles. The third-order valence-corrected chi connectivity index (χ3v) is 5.41. The molecule has 0 N–H and O–H groups in total. The molecule has 2 heterocycles. The van der Waals surface area contributed by atoms with Crippen LogP contribution in [0.5, 0.6) is 0 Å². The number of allylic oxidation sites excluding steroid dienone is 1. The predicted octanol–water partition coefficient (Wildman–Crippen LogP) is 4.65. The highest BCUT2D eigenvalue weighted by Crippen LogP contribution is 2.30. The fourth-order valence-corrected chi connectivity index (χ4v) is 3.90. The Morgan fingerprint density at radius 1 is 1.32 bits per heavy atom. The minimum absolute atomic E-state index is 0.126. The Hall–Kier alpha value is -3.79. The zero-order chi connectivity index (χ0) is 22.0. The van der Waals surface area contributed by atoms with Crippen molar-refractivity contribution in [3.63, 3.8) is 0 Å². The van der Waals surface area contributed by atoms with Crippen LogP contribution in [0.4, 0.5) is 4.39 Å². The standard InChI is InChI=1S/C24H22FN5O/c1-16(15-29-23-5-3-4-18(13-26)21(23)14-28-29)6-7-24(31)30-22(8-9-27-30)19-10-17(2)11-20(25)12-19/h3-5,9-12,14,22H,1,6-8,15H2,2H3. The number of halogens is 1. The number of aryl methyl sites for hydroxylation is 1. The molecule has 1 aliphatic rings. The van der Waals surface area contributed by atoms with Crippen LogP contribution in [0.15, 0.2) is 59.8 Å². The molecule has 1 aliphatic heterocycles. The van der Waals surface area contributed by atoms with E-state index in [1.807, 2.05) is 25.1 Å². The summed E-state index contributed by atoms with van der Waals surface area (Å²) in [6, 6.07) is 12.2. The van der Waals surface area contributed by atoms with Gasteiger partial charge in [0.2, 0.25) is 5.91 Å². The van der Waals surface area contributed by atoms with Crippen LogP contribution in [0, 0.1) is 24.1 Å². The summed E-state index contributed by atoms with van der Waals surface area (Å²) in [5, 5.41) is 20.1. The van der Waals surface area contributed by atoms with Gasteiger partial charge in [-0.1, -0.05) is 24.3 Å². The van der Waals surface area contributed by atoms with E-state index in [9.17, 15) is 14.4 Å². The molecule has 0 fully saturated rings. The molecular weight excluding hydrogens is 393 g/mol. The quantitative estimate of drug-likeness (QED) is 0.550. The van der Waals surface area contributed by atoms with Crippen molar-refractivity contribution in [2.24, 2.45) is 5.10 Å². The van der Waals surface area contributed by atoms with E-state index in [1.54, 1.807) is 23.2 Å². The van der Waals surface area contributed by atoms with Crippen molar-refractivity contribution in [2.45, 2.75) is 38.8 Å². The number of carbonyl (C=O) groups is 1. The summed E-state index contributed by atoms with van der Waals surface area (Å²) in [6.07, 6.45) is 4.68. The van der Waals surface area contributed by atoms with Gasteiger partial charge in [-0.05, 0) is 48.7 Å². The van der Waals surface area contributed by atoms with E-state index in [4.69, 9.17) is 0 Å². The second kappa shape index (κ2) is 8.52. The van der Waals surface area contributed by atoms with E-state index < -0.39 is 0 Å². The summed E-state index contributed by atoms with van der Waals surface area (Å²) in [7, 11) is 0. The minimum atomic E-state index is -0.311. The van der Waals surface area contributed by atoms with Crippen LogP contribution >= 0.6 is 0 Å². The van der Waals surface area contributed by atoms with Gasteiger partial charge < -0.3 is 0 Å². The van der Waals surface area contributed by atoms with Crippen LogP contribution in [0.2, 0.25) is 0 Å². The molecule has 3 aromatic rings. The number of fused-ring (bicyclic) bond motifs is 1. The average molecular weight is 415 g/mol. The van der Waals surface area contributed by atoms with Gasteiger partial charge >= 0.3 is 0 Å². The van der Waals surface area contributed by atoms with Crippen LogP contribution in [-0.2, 0) is 11.3 Å². The first kappa shape index (κ1) is 20.5. The van der Waals surface area contributed by atoms with Gasteiger partial charge in [-0.3, -0.25) is 9.48 Å². The largest absolute Gasteiger partial charge is 0.273 e. The first-order valence-corrected chi connectivity index (χ1v) is 10.1. The first-order valence-electron chi connectivity index (χ1n) is 10.1. The smallest absolute Gasteiger partial charge is 0.243 e. The monoisotopic (exact) mass is 415 g/mol. The molecular formula is C24H22FN5O. The Morgan fingerprint density at radius 3 is 2.94 bits per heavy atom. The van der Waals surface area contributed by atoms with Crippen molar-refractivity contribution < 1.29 is 9.18 Å². The number of hydrogen-bond acceptors (Lipinski definition) is 4. The van der Waals surface area contributed by atoms with E-state index in [0.29, 0.717) is 24.9 Å². The number of aromatic nitrogens is 2. The Morgan fingerprint density at radius 2 is 2.16 bits per heavy atom. The summed E-state index contributed by atoms with van der Waals surface area (Å²) in [6.45, 7) is 6.38. The second-order valence-electron chi connectivity index (χ2n) is 7.75. The van der Waals surface area contributed by atoms with Crippen molar-refractivity contribution in [2.75, 3.05) is 0 Å². The van der Waals surface area contributed by atoms with E-state index in [1.165, 1.54) is 17.1 Å². The third-order valence-electron chi connectivity index (χ3n) is 5.41. The fraction of sp³-hybridized carbons (Fsp3) is 0.250. The van der Waals surface area contributed by atoms with Crippen molar-refractivity contribution >= 4 is 23.0 Å². The molecule has 1 atom stereocenters. The number of nitrogens with zero attached hydrogens (tertiary/aromatic N) is 5. The van der Waals surface area contributed by atoms with Gasteiger partial charge in [-0.2, -0.15) is 15.5 Å². The Labute approximate surface area is 179 Å². The molecule has 0 saturated carbocycles. The maximum absolute atomic E-state index is 13.8. The second-order valence-corrected chi connectivity index (χ2v) is 7.75. The molecule has 0 saturated heterocycles. The number of hydrogen-bond donors (Lipinski definition) is 0. The zero-order valence-electron chi connectivity index (χ0n) is 17.3. The molecule has 0 spiro atoms. The molecule has 6 nitrogen and oxygen atoms in total. The highest BCUT2D eigenvalue weighted by molar-refractivity contribution is 5.84. The summed E-state index contributed by atoms with van der Waals surface area (Å²) >= 11 is 0. The van der Waals surface area contributed by atoms with Gasteiger partial charge in [0.25, 0.3) is 0 Å². The lowest BCUT2D eigenvalue weighted by Crippen LogP contribution is -2.27. The summed E-state index contributed by atoms with van der Waals surface area (Å²) < 4.78 is 15.6. The van der Waals surface area contributed by atoms with Gasteiger partial charge in [0.1, 0.15) is 5.82 Å². The number of carbonyl (C=O) groups excluding carboxylic acids is 1. The van der Waals surface area contributed by atoms with Gasteiger partial charge in [0.15, 0.2) is 0 Å². The van der Waals surface area contributed by atoms with Crippen molar-refractivity contribution in [3.8, 4) is 6.07 Å². The summed E-state index contributed by atoms with van der Waals surface area (Å²) in [5.41, 5.74) is 3.85. The molecule has 1 unspecified atom stereocenters. The zero-order valence-corrected chi connectivity index (χ0v) is 17.3. The SMILES string of the molecule is C=C(CCC(=O)N1N=CCC1c1cc(C)cc(F)c1)Cn1ncc2c(C#N)cccc21. The number of rotatable bonds is 6. The molecule has 31 heavy (non-hydrogen) atoms. The fourth-order valence-electron chi connectivity index (χ4n) is 3.90. The summed E-state index contributed by atoms with van der Waals surface area (Å²) in [4.78, 5) is 12.8. The van der Waals surface area contributed by atoms with E-state index in [2.05, 4.69) is 22.8 Å². The van der Waals surface area contributed by atoms with Crippen LogP contribution in [0.3, 0.4) is 0 Å². The van der Waals surface area contributed by atoms with E-state index in [0.717, 1.165) is 27.6 Å². The van der Waals surface area contributed by atoms with E-state index >= 15 is 0 Å². The molecule has 1 aromatic heterocycles. The van der Waals surface area contributed by atoms with Gasteiger partial charge in [0, 0.05) is 24.4 Å². The molecule has 0 radical (unpaired) electrons. The van der Waals surface area contributed by atoms with Crippen molar-refractivity contribution in [3.05, 3.63) is 77.3 Å². The van der Waals surface area contributed by atoms with Gasteiger partial charge in [-0.15, -0.1) is 0 Å². The molecule has 7 heteroatoms. The third kappa shape index (κ3) is 4.24. The van der Waals surface area contributed by atoms with Crippen molar-refractivity contribution in [1.29, 1.82) is 5.26 Å². The number of amides is 1. The Balaban J connectivity index is 1.40. The van der Waals surface area contributed by atoms with Gasteiger partial charge in [-0.25, -0.2) is 9.40 Å². The van der Waals surface area contributed by atoms with Crippen molar-refractivity contribution in [1.82, 2.24) is 14.8 Å². The lowest BCUT2D eigenvalue weighted by molar-refractivity contribution is -0.133. The average Bonchev–Trinajstić information content (AvgIpc) is 3.39. The minimum Gasteiger partial charge on any atom is -0.273 e.